The number of nitrogens with zero attached hydrogens (tertiary/aromatic N) is 3. The molecule has 1 amide bonds. The molecule has 2 aliphatic heterocycles. The van der Waals surface area contributed by atoms with Gasteiger partial charge in [0.25, 0.3) is 5.91 Å². The van der Waals surface area contributed by atoms with E-state index < -0.39 is 5.79 Å². The molecule has 140 valence electrons. The average molecular weight is 386 g/mol. The Kier molecular flexibility index (Phi) is 4.53. The van der Waals surface area contributed by atoms with Gasteiger partial charge in [-0.1, -0.05) is 29.8 Å². The molecule has 1 aromatic heterocycles. The van der Waals surface area contributed by atoms with Crippen LogP contribution in [-0.4, -0.2) is 46.1 Å². The number of halogens is 1. The third-order valence-electron chi connectivity index (χ3n) is 4.72. The Balaban J connectivity index is 1.64. The molecule has 0 saturated carbocycles. The van der Waals surface area contributed by atoms with Crippen LogP contribution < -0.4 is 0 Å². The molecule has 4 rings (SSSR count). The molecule has 2 aromatic rings. The van der Waals surface area contributed by atoms with Gasteiger partial charge in [0.1, 0.15) is 10.9 Å². The maximum Gasteiger partial charge on any atom is 0.311 e. The van der Waals surface area contributed by atoms with Crippen LogP contribution in [0.2, 0.25) is 5.15 Å². The number of morpholine rings is 1. The number of rotatable bonds is 3. The van der Waals surface area contributed by atoms with Crippen molar-refractivity contribution in [3.8, 4) is 5.69 Å². The summed E-state index contributed by atoms with van der Waals surface area (Å²) in [7, 11) is 0. The van der Waals surface area contributed by atoms with Crippen molar-refractivity contribution in [2.45, 2.75) is 19.6 Å². The molecule has 1 fully saturated rings. The number of aryl methyl sites for hydroxylation is 1. The highest BCUT2D eigenvalue weighted by molar-refractivity contribution is 6.31. The monoisotopic (exact) mass is 385 g/mol. The molecular weight excluding hydrogens is 366 g/mol. The van der Waals surface area contributed by atoms with E-state index >= 15 is 0 Å². The zero-order valence-electron chi connectivity index (χ0n) is 15.2. The fourth-order valence-electron chi connectivity index (χ4n) is 3.26. The summed E-state index contributed by atoms with van der Waals surface area (Å²) in [5.74, 6) is -1.03. The Morgan fingerprint density at radius 3 is 2.85 bits per heavy atom. The van der Waals surface area contributed by atoms with Gasteiger partial charge in [0, 0.05) is 24.7 Å². The summed E-state index contributed by atoms with van der Waals surface area (Å²) in [5.41, 5.74) is 2.38. The number of allylic oxidation sites excluding steroid dienone is 1. The van der Waals surface area contributed by atoms with Gasteiger partial charge in [0.15, 0.2) is 0 Å². The lowest BCUT2D eigenvalue weighted by Gasteiger charge is -2.36. The maximum absolute atomic E-state index is 12.7. The lowest BCUT2D eigenvalue weighted by Crippen LogP contribution is -2.55. The summed E-state index contributed by atoms with van der Waals surface area (Å²) >= 11 is 6.56. The van der Waals surface area contributed by atoms with E-state index in [9.17, 15) is 4.79 Å². The number of hydrogen-bond donors (Lipinski definition) is 0. The minimum atomic E-state index is -1.37. The standard InChI is InChI=1S/C20H20ClN3O3/c1-3-23-11-12-26-20(19(23)25)10-9-16(27-20)13-17-14(2)22-24(18(17)21)15-7-5-4-6-8-15/h4-10,13H,3,11-12H2,1-2H3/b16-13-. The van der Waals surface area contributed by atoms with Crippen molar-refractivity contribution in [3.63, 3.8) is 0 Å². The fourth-order valence-corrected chi connectivity index (χ4v) is 3.58. The van der Waals surface area contributed by atoms with Crippen LogP contribution in [0.4, 0.5) is 0 Å². The van der Waals surface area contributed by atoms with Gasteiger partial charge in [0.2, 0.25) is 0 Å². The summed E-state index contributed by atoms with van der Waals surface area (Å²) in [5, 5.41) is 5.00. The topological polar surface area (TPSA) is 56.6 Å². The van der Waals surface area contributed by atoms with E-state index in [1.807, 2.05) is 44.2 Å². The van der Waals surface area contributed by atoms with E-state index in [4.69, 9.17) is 21.1 Å². The first-order valence-corrected chi connectivity index (χ1v) is 9.25. The zero-order chi connectivity index (χ0) is 19.0. The number of carbonyl (C=O) groups excluding carboxylic acids is 1. The number of para-hydroxylation sites is 1. The fraction of sp³-hybridized carbons (Fsp3) is 0.300. The SMILES string of the molecule is CCN1CCOC2(C=C/C(=C/c3c(C)nn(-c4ccccc4)c3Cl)O2)C1=O. The quantitative estimate of drug-likeness (QED) is 0.813. The summed E-state index contributed by atoms with van der Waals surface area (Å²) < 4.78 is 13.3. The lowest BCUT2D eigenvalue weighted by atomic mass is 10.2. The molecule has 6 nitrogen and oxygen atoms in total. The summed E-state index contributed by atoms with van der Waals surface area (Å²) in [6.07, 6.45) is 5.19. The van der Waals surface area contributed by atoms with E-state index in [0.29, 0.717) is 30.6 Å². The largest absolute Gasteiger partial charge is 0.450 e. The van der Waals surface area contributed by atoms with Gasteiger partial charge in [-0.05, 0) is 38.1 Å². The Bertz CT molecular complexity index is 935. The van der Waals surface area contributed by atoms with Crippen LogP contribution in [0.3, 0.4) is 0 Å². The summed E-state index contributed by atoms with van der Waals surface area (Å²) in [6, 6.07) is 9.67. The normalized spacial score (nSPS) is 23.4. The molecule has 0 aliphatic carbocycles. The average Bonchev–Trinajstić information content (AvgIpc) is 3.22. The molecule has 0 radical (unpaired) electrons. The predicted octanol–water partition coefficient (Wildman–Crippen LogP) is 3.34. The number of aromatic nitrogens is 2. The third-order valence-corrected chi connectivity index (χ3v) is 5.08. The Morgan fingerprint density at radius 1 is 1.33 bits per heavy atom. The van der Waals surface area contributed by atoms with E-state index in [1.54, 1.807) is 27.8 Å². The van der Waals surface area contributed by atoms with Crippen molar-refractivity contribution >= 4 is 23.6 Å². The molecule has 1 saturated heterocycles. The van der Waals surface area contributed by atoms with Gasteiger partial charge in [-0.15, -0.1) is 0 Å². The molecule has 1 aromatic carbocycles. The van der Waals surface area contributed by atoms with Crippen LogP contribution in [0, 0.1) is 6.92 Å². The number of likely N-dealkylation sites (N-methyl/N-ethyl adjacent to an activating group) is 1. The zero-order valence-corrected chi connectivity index (χ0v) is 15.9. The molecule has 27 heavy (non-hydrogen) atoms. The van der Waals surface area contributed by atoms with E-state index in [0.717, 1.165) is 16.9 Å². The van der Waals surface area contributed by atoms with Crippen molar-refractivity contribution in [3.05, 3.63) is 64.7 Å². The highest BCUT2D eigenvalue weighted by atomic mass is 35.5. The first-order valence-electron chi connectivity index (χ1n) is 8.88. The second kappa shape index (κ2) is 6.87. The number of carbonyl (C=O) groups is 1. The number of ether oxygens (including phenoxy) is 2. The first kappa shape index (κ1) is 17.8. The highest BCUT2D eigenvalue weighted by Crippen LogP contribution is 2.34. The molecular formula is C20H20ClN3O3. The smallest absolute Gasteiger partial charge is 0.311 e. The van der Waals surface area contributed by atoms with Crippen molar-refractivity contribution < 1.29 is 14.3 Å². The lowest BCUT2D eigenvalue weighted by molar-refractivity contribution is -0.213. The van der Waals surface area contributed by atoms with Crippen molar-refractivity contribution in [2.24, 2.45) is 0 Å². The predicted molar refractivity (Wildman–Crippen MR) is 102 cm³/mol. The molecule has 7 heteroatoms. The van der Waals surface area contributed by atoms with Crippen LogP contribution >= 0.6 is 11.6 Å². The van der Waals surface area contributed by atoms with Crippen molar-refractivity contribution in [1.29, 1.82) is 0 Å². The molecule has 1 spiro atoms. The Labute approximate surface area is 162 Å². The van der Waals surface area contributed by atoms with Crippen LogP contribution in [-0.2, 0) is 14.3 Å². The second-order valence-electron chi connectivity index (χ2n) is 6.42. The van der Waals surface area contributed by atoms with Crippen LogP contribution in [0.1, 0.15) is 18.2 Å². The van der Waals surface area contributed by atoms with Crippen molar-refractivity contribution in [1.82, 2.24) is 14.7 Å². The first-order chi connectivity index (χ1) is 13.0. The highest BCUT2D eigenvalue weighted by Gasteiger charge is 2.48. The van der Waals surface area contributed by atoms with Crippen LogP contribution in [0.25, 0.3) is 11.8 Å². The van der Waals surface area contributed by atoms with Crippen molar-refractivity contribution in [2.75, 3.05) is 19.7 Å². The third kappa shape index (κ3) is 3.05. The van der Waals surface area contributed by atoms with E-state index in [2.05, 4.69) is 5.10 Å². The van der Waals surface area contributed by atoms with Gasteiger partial charge in [0.05, 0.1) is 18.0 Å². The minimum absolute atomic E-state index is 0.182. The minimum Gasteiger partial charge on any atom is -0.450 e. The van der Waals surface area contributed by atoms with E-state index in [1.165, 1.54) is 0 Å². The number of hydrogen-bond acceptors (Lipinski definition) is 4. The summed E-state index contributed by atoms with van der Waals surface area (Å²) in [6.45, 7) is 5.45. The molecule has 0 N–H and O–H groups in total. The maximum atomic E-state index is 12.7. The second-order valence-corrected chi connectivity index (χ2v) is 6.78. The van der Waals surface area contributed by atoms with Gasteiger partial charge >= 0.3 is 5.79 Å². The molecule has 1 atom stereocenters. The summed E-state index contributed by atoms with van der Waals surface area (Å²) in [4.78, 5) is 14.4. The van der Waals surface area contributed by atoms with Crippen LogP contribution in [0.5, 0.6) is 0 Å². The number of benzene rings is 1. The Morgan fingerprint density at radius 2 is 2.11 bits per heavy atom. The van der Waals surface area contributed by atoms with Gasteiger partial charge < -0.3 is 14.4 Å². The molecule has 1 unspecified atom stereocenters. The van der Waals surface area contributed by atoms with E-state index in [-0.39, 0.29) is 5.91 Å². The van der Waals surface area contributed by atoms with Crippen LogP contribution in [0.15, 0.2) is 48.2 Å². The molecule has 2 aliphatic rings. The van der Waals surface area contributed by atoms with Gasteiger partial charge in [-0.2, -0.15) is 5.10 Å². The van der Waals surface area contributed by atoms with Gasteiger partial charge in [-0.3, -0.25) is 4.79 Å². The molecule has 3 heterocycles. The Hall–Kier alpha value is -2.57. The number of amides is 1. The molecule has 0 bridgehead atoms. The van der Waals surface area contributed by atoms with Gasteiger partial charge in [-0.25, -0.2) is 4.68 Å².